The molecule has 1 aliphatic rings. The van der Waals surface area contributed by atoms with Crippen LogP contribution in [0, 0.1) is 0 Å². The van der Waals surface area contributed by atoms with Crippen molar-refractivity contribution >= 4 is 5.91 Å². The van der Waals surface area contributed by atoms with E-state index in [0.29, 0.717) is 12.4 Å². The Morgan fingerprint density at radius 3 is 2.71 bits per heavy atom. The van der Waals surface area contributed by atoms with Crippen LogP contribution in [0.4, 0.5) is 0 Å². The van der Waals surface area contributed by atoms with Crippen molar-refractivity contribution in [3.8, 4) is 11.4 Å². The molecule has 0 unspecified atom stereocenters. The van der Waals surface area contributed by atoms with Crippen LogP contribution >= 0.6 is 0 Å². The minimum atomic E-state index is -0.788. The third kappa shape index (κ3) is 3.59. The summed E-state index contributed by atoms with van der Waals surface area (Å²) in [5, 5.41) is 17.5. The van der Waals surface area contributed by atoms with Crippen molar-refractivity contribution < 1.29 is 14.6 Å². The van der Waals surface area contributed by atoms with Crippen molar-refractivity contribution in [1.29, 1.82) is 0 Å². The zero-order valence-electron chi connectivity index (χ0n) is 13.9. The molecule has 0 atom stereocenters. The van der Waals surface area contributed by atoms with Crippen molar-refractivity contribution in [2.24, 2.45) is 0 Å². The third-order valence-corrected chi connectivity index (χ3v) is 4.33. The molecule has 0 bridgehead atoms. The van der Waals surface area contributed by atoms with Gasteiger partial charge in [0.25, 0.3) is 5.91 Å². The molecule has 1 amide bonds. The Labute approximate surface area is 141 Å². The predicted octanol–water partition coefficient (Wildman–Crippen LogP) is 2.31. The van der Waals surface area contributed by atoms with Gasteiger partial charge in [0.2, 0.25) is 0 Å². The topological polar surface area (TPSA) is 76.4 Å². The number of hydrogen-bond acceptors (Lipinski definition) is 4. The molecule has 128 valence electrons. The molecule has 0 saturated heterocycles. The Hall–Kier alpha value is -2.34. The van der Waals surface area contributed by atoms with E-state index in [1.165, 1.54) is 0 Å². The summed E-state index contributed by atoms with van der Waals surface area (Å²) in [6.45, 7) is 2.56. The number of aliphatic hydroxyl groups is 1. The second-order valence-electron chi connectivity index (χ2n) is 6.17. The van der Waals surface area contributed by atoms with Crippen LogP contribution in [0.15, 0.2) is 36.5 Å². The molecule has 1 fully saturated rings. The molecule has 24 heavy (non-hydrogen) atoms. The van der Waals surface area contributed by atoms with Crippen molar-refractivity contribution in [2.45, 2.75) is 38.2 Å². The number of nitrogens with one attached hydrogen (secondary N) is 1. The summed E-state index contributed by atoms with van der Waals surface area (Å²) in [7, 11) is 0. The van der Waals surface area contributed by atoms with Gasteiger partial charge >= 0.3 is 0 Å². The number of ether oxygens (including phenoxy) is 1. The highest BCUT2D eigenvalue weighted by molar-refractivity contribution is 5.95. The molecular weight excluding hydrogens is 306 g/mol. The lowest BCUT2D eigenvalue weighted by Crippen LogP contribution is -2.41. The minimum Gasteiger partial charge on any atom is -0.490 e. The van der Waals surface area contributed by atoms with Crippen LogP contribution in [0.5, 0.6) is 5.75 Å². The molecular formula is C18H23N3O3. The van der Waals surface area contributed by atoms with Gasteiger partial charge in [-0.25, -0.2) is 4.68 Å². The molecule has 2 N–H and O–H groups in total. The van der Waals surface area contributed by atoms with Gasteiger partial charge in [-0.05, 0) is 31.9 Å². The van der Waals surface area contributed by atoms with Gasteiger partial charge < -0.3 is 15.2 Å². The largest absolute Gasteiger partial charge is 0.490 e. The lowest BCUT2D eigenvalue weighted by atomic mass is 10.0. The van der Waals surface area contributed by atoms with Crippen molar-refractivity contribution in [3.05, 3.63) is 42.2 Å². The summed E-state index contributed by atoms with van der Waals surface area (Å²) in [4.78, 5) is 12.5. The van der Waals surface area contributed by atoms with E-state index in [2.05, 4.69) is 10.4 Å². The maximum absolute atomic E-state index is 12.5. The number of benzene rings is 1. The predicted molar refractivity (Wildman–Crippen MR) is 90.5 cm³/mol. The monoisotopic (exact) mass is 329 g/mol. The second kappa shape index (κ2) is 7.05. The van der Waals surface area contributed by atoms with Crippen molar-refractivity contribution in [2.75, 3.05) is 13.2 Å². The van der Waals surface area contributed by atoms with Gasteiger partial charge in [0.1, 0.15) is 0 Å². The molecule has 2 aromatic rings. The number of rotatable bonds is 6. The molecule has 0 aliphatic heterocycles. The molecule has 1 saturated carbocycles. The standard InChI is InChI=1S/C18H23N3O3/c1-2-24-15-12-21(14-8-4-3-5-9-14)20-16(15)17(22)19-13-18(23)10-6-7-11-18/h3-5,8-9,12,23H,2,6-7,10-11,13H2,1H3,(H,19,22). The highest BCUT2D eigenvalue weighted by atomic mass is 16.5. The summed E-state index contributed by atoms with van der Waals surface area (Å²) in [6.07, 6.45) is 5.16. The normalized spacial score (nSPS) is 16.1. The third-order valence-electron chi connectivity index (χ3n) is 4.33. The van der Waals surface area contributed by atoms with Crippen LogP contribution in [-0.2, 0) is 0 Å². The molecule has 0 radical (unpaired) electrons. The van der Waals surface area contributed by atoms with Gasteiger partial charge in [0.05, 0.1) is 24.1 Å². The van der Waals surface area contributed by atoms with Crippen LogP contribution < -0.4 is 10.1 Å². The average molecular weight is 329 g/mol. The molecule has 6 nitrogen and oxygen atoms in total. The van der Waals surface area contributed by atoms with Gasteiger partial charge in [-0.1, -0.05) is 31.0 Å². The van der Waals surface area contributed by atoms with Crippen LogP contribution in [0.25, 0.3) is 5.69 Å². The van der Waals surface area contributed by atoms with Crippen molar-refractivity contribution in [3.63, 3.8) is 0 Å². The molecule has 3 rings (SSSR count). The number of carbonyl (C=O) groups excluding carboxylic acids is 1. The number of carbonyl (C=O) groups is 1. The molecule has 1 aromatic carbocycles. The van der Waals surface area contributed by atoms with E-state index in [0.717, 1.165) is 31.4 Å². The van der Waals surface area contributed by atoms with Gasteiger partial charge in [0, 0.05) is 6.54 Å². The fourth-order valence-electron chi connectivity index (χ4n) is 3.03. The zero-order valence-corrected chi connectivity index (χ0v) is 13.9. The SMILES string of the molecule is CCOc1cn(-c2ccccc2)nc1C(=O)NCC1(O)CCCC1. The fourth-order valence-corrected chi connectivity index (χ4v) is 3.03. The number of nitrogens with zero attached hydrogens (tertiary/aromatic N) is 2. The smallest absolute Gasteiger partial charge is 0.275 e. The summed E-state index contributed by atoms with van der Waals surface area (Å²) < 4.78 is 7.18. The van der Waals surface area contributed by atoms with E-state index in [9.17, 15) is 9.90 Å². The van der Waals surface area contributed by atoms with E-state index in [-0.39, 0.29) is 18.1 Å². The van der Waals surface area contributed by atoms with E-state index < -0.39 is 5.60 Å². The first-order chi connectivity index (χ1) is 11.6. The zero-order chi connectivity index (χ0) is 17.0. The number of aromatic nitrogens is 2. The van der Waals surface area contributed by atoms with E-state index in [1.54, 1.807) is 10.9 Å². The average Bonchev–Trinajstić information content (AvgIpc) is 3.21. The van der Waals surface area contributed by atoms with Crippen LogP contribution in [0.1, 0.15) is 43.1 Å². The lowest BCUT2D eigenvalue weighted by molar-refractivity contribution is 0.0447. The van der Waals surface area contributed by atoms with E-state index in [4.69, 9.17) is 4.74 Å². The van der Waals surface area contributed by atoms with Gasteiger partial charge in [-0.3, -0.25) is 4.79 Å². The van der Waals surface area contributed by atoms with Crippen molar-refractivity contribution in [1.82, 2.24) is 15.1 Å². The fraction of sp³-hybridized carbons (Fsp3) is 0.444. The number of hydrogen-bond donors (Lipinski definition) is 2. The van der Waals surface area contributed by atoms with Gasteiger partial charge in [-0.15, -0.1) is 0 Å². The summed E-state index contributed by atoms with van der Waals surface area (Å²) in [5.74, 6) is 0.116. The Kier molecular flexibility index (Phi) is 4.85. The summed E-state index contributed by atoms with van der Waals surface area (Å²) in [5.41, 5.74) is 0.304. The molecule has 0 spiro atoms. The van der Waals surface area contributed by atoms with Crippen LogP contribution in [-0.4, -0.2) is 39.5 Å². The number of para-hydroxylation sites is 1. The Balaban J connectivity index is 1.78. The maximum atomic E-state index is 12.5. The van der Waals surface area contributed by atoms with Gasteiger partial charge in [-0.2, -0.15) is 5.10 Å². The highest BCUT2D eigenvalue weighted by Crippen LogP contribution is 2.29. The maximum Gasteiger partial charge on any atom is 0.275 e. The second-order valence-corrected chi connectivity index (χ2v) is 6.17. The molecule has 1 aromatic heterocycles. The number of amides is 1. The van der Waals surface area contributed by atoms with E-state index in [1.807, 2.05) is 37.3 Å². The molecule has 1 heterocycles. The summed E-state index contributed by atoms with van der Waals surface area (Å²) in [6, 6.07) is 9.56. The first kappa shape index (κ1) is 16.5. The summed E-state index contributed by atoms with van der Waals surface area (Å²) >= 11 is 0. The van der Waals surface area contributed by atoms with Gasteiger partial charge in [0.15, 0.2) is 11.4 Å². The lowest BCUT2D eigenvalue weighted by Gasteiger charge is -2.22. The first-order valence-electron chi connectivity index (χ1n) is 8.40. The first-order valence-corrected chi connectivity index (χ1v) is 8.40. The van der Waals surface area contributed by atoms with E-state index >= 15 is 0 Å². The molecule has 1 aliphatic carbocycles. The molecule has 6 heteroatoms. The van der Waals surface area contributed by atoms with Crippen LogP contribution in [0.3, 0.4) is 0 Å². The Bertz CT molecular complexity index is 691. The minimum absolute atomic E-state index is 0.238. The highest BCUT2D eigenvalue weighted by Gasteiger charge is 2.32. The quantitative estimate of drug-likeness (QED) is 0.853. The Morgan fingerprint density at radius 2 is 2.04 bits per heavy atom. The Morgan fingerprint density at radius 1 is 1.33 bits per heavy atom. The van der Waals surface area contributed by atoms with Crippen LogP contribution in [0.2, 0.25) is 0 Å².